The molecule has 0 saturated carbocycles. The second kappa shape index (κ2) is 7.01. The van der Waals surface area contributed by atoms with Crippen LogP contribution in [0.1, 0.15) is 18.9 Å². The van der Waals surface area contributed by atoms with E-state index in [0.29, 0.717) is 6.54 Å². The lowest BCUT2D eigenvalue weighted by molar-refractivity contribution is -0.120. The molecule has 1 atom stereocenters. The number of amides is 1. The Labute approximate surface area is 97.2 Å². The molecule has 1 rings (SSSR count). The fourth-order valence-electron chi connectivity index (χ4n) is 1.59. The third kappa shape index (κ3) is 4.94. The fourth-order valence-corrected chi connectivity index (χ4v) is 1.59. The number of rotatable bonds is 6. The van der Waals surface area contributed by atoms with E-state index >= 15 is 0 Å². The predicted octanol–water partition coefficient (Wildman–Crippen LogP) is 1.34. The number of benzene rings is 1. The summed E-state index contributed by atoms with van der Waals surface area (Å²) in [6.07, 6.45) is 1.97. The van der Waals surface area contributed by atoms with Gasteiger partial charge in [-0.25, -0.2) is 0 Å². The number of aryl methyl sites for hydroxylation is 1. The van der Waals surface area contributed by atoms with Crippen molar-refractivity contribution in [3.05, 3.63) is 35.9 Å². The van der Waals surface area contributed by atoms with E-state index in [1.165, 1.54) is 5.56 Å². The first kappa shape index (κ1) is 12.7. The Morgan fingerprint density at radius 1 is 1.31 bits per heavy atom. The molecule has 3 nitrogen and oxygen atoms in total. The van der Waals surface area contributed by atoms with Crippen LogP contribution in [0.5, 0.6) is 0 Å². The Morgan fingerprint density at radius 2 is 2.00 bits per heavy atom. The molecule has 0 radical (unpaired) electrons. The molecule has 0 heterocycles. The van der Waals surface area contributed by atoms with E-state index in [2.05, 4.69) is 22.8 Å². The van der Waals surface area contributed by atoms with Crippen molar-refractivity contribution in [2.75, 3.05) is 13.6 Å². The van der Waals surface area contributed by atoms with Crippen LogP contribution in [0, 0.1) is 0 Å². The van der Waals surface area contributed by atoms with Gasteiger partial charge in [0, 0.05) is 6.04 Å². The van der Waals surface area contributed by atoms with Crippen molar-refractivity contribution in [2.24, 2.45) is 0 Å². The molecule has 3 heteroatoms. The van der Waals surface area contributed by atoms with Gasteiger partial charge < -0.3 is 10.6 Å². The van der Waals surface area contributed by atoms with Gasteiger partial charge in [-0.05, 0) is 32.4 Å². The molecule has 1 amide bonds. The molecule has 0 unspecified atom stereocenters. The summed E-state index contributed by atoms with van der Waals surface area (Å²) < 4.78 is 0. The third-order valence-electron chi connectivity index (χ3n) is 2.45. The molecule has 0 aromatic heterocycles. The molecule has 1 aromatic carbocycles. The Bertz CT molecular complexity index is 311. The summed E-state index contributed by atoms with van der Waals surface area (Å²) in [6, 6.07) is 10.5. The highest BCUT2D eigenvalue weighted by molar-refractivity contribution is 5.78. The van der Waals surface area contributed by atoms with Crippen LogP contribution >= 0.6 is 0 Å². The predicted molar refractivity (Wildman–Crippen MR) is 66.3 cm³/mol. The normalized spacial score (nSPS) is 12.1. The number of hydrogen-bond donors (Lipinski definition) is 2. The lowest BCUT2D eigenvalue weighted by atomic mass is 10.1. The number of nitrogens with one attached hydrogen (secondary N) is 2. The molecule has 0 aliphatic carbocycles. The highest BCUT2D eigenvalue weighted by Gasteiger charge is 2.05. The van der Waals surface area contributed by atoms with Crippen LogP contribution in [-0.4, -0.2) is 25.5 Å². The van der Waals surface area contributed by atoms with Gasteiger partial charge in [-0.1, -0.05) is 30.3 Å². The van der Waals surface area contributed by atoms with Crippen molar-refractivity contribution in [3.8, 4) is 0 Å². The van der Waals surface area contributed by atoms with E-state index < -0.39 is 0 Å². The van der Waals surface area contributed by atoms with Gasteiger partial charge in [-0.2, -0.15) is 0 Å². The van der Waals surface area contributed by atoms with Crippen molar-refractivity contribution in [2.45, 2.75) is 25.8 Å². The molecule has 0 fully saturated rings. The minimum Gasteiger partial charge on any atom is -0.353 e. The molecule has 0 saturated heterocycles. The molecule has 0 spiro atoms. The zero-order chi connectivity index (χ0) is 11.8. The van der Waals surface area contributed by atoms with Crippen LogP contribution in [0.15, 0.2) is 30.3 Å². The summed E-state index contributed by atoms with van der Waals surface area (Å²) in [4.78, 5) is 11.3. The number of likely N-dealkylation sites (N-methyl/N-ethyl adjacent to an activating group) is 1. The zero-order valence-electron chi connectivity index (χ0n) is 9.99. The first-order chi connectivity index (χ1) is 7.72. The number of carbonyl (C=O) groups is 1. The molecular formula is C13H20N2O. The number of carbonyl (C=O) groups excluding carboxylic acids is 1. The summed E-state index contributed by atoms with van der Waals surface area (Å²) >= 11 is 0. The summed E-state index contributed by atoms with van der Waals surface area (Å²) in [5, 5.41) is 5.78. The quantitative estimate of drug-likeness (QED) is 0.759. The Balaban J connectivity index is 2.25. The van der Waals surface area contributed by atoms with E-state index in [-0.39, 0.29) is 11.9 Å². The molecule has 1 aromatic rings. The largest absolute Gasteiger partial charge is 0.353 e. The van der Waals surface area contributed by atoms with E-state index in [0.717, 1.165) is 12.8 Å². The van der Waals surface area contributed by atoms with Gasteiger partial charge in [0.25, 0.3) is 0 Å². The molecular weight excluding hydrogens is 200 g/mol. The number of hydrogen-bond acceptors (Lipinski definition) is 2. The third-order valence-corrected chi connectivity index (χ3v) is 2.45. The SMILES string of the molecule is CNCC(=O)N[C@@H](C)CCc1ccccc1. The van der Waals surface area contributed by atoms with Crippen LogP contribution < -0.4 is 10.6 Å². The second-order valence-corrected chi connectivity index (χ2v) is 4.02. The van der Waals surface area contributed by atoms with Crippen molar-refractivity contribution >= 4 is 5.91 Å². The Morgan fingerprint density at radius 3 is 2.62 bits per heavy atom. The van der Waals surface area contributed by atoms with Crippen LogP contribution in [0.3, 0.4) is 0 Å². The van der Waals surface area contributed by atoms with E-state index in [1.807, 2.05) is 25.1 Å². The average molecular weight is 220 g/mol. The van der Waals surface area contributed by atoms with Crippen molar-refractivity contribution in [1.82, 2.24) is 10.6 Å². The molecule has 2 N–H and O–H groups in total. The molecule has 0 bridgehead atoms. The van der Waals surface area contributed by atoms with Gasteiger partial charge in [-0.3, -0.25) is 4.79 Å². The Hall–Kier alpha value is -1.35. The fraction of sp³-hybridized carbons (Fsp3) is 0.462. The lowest BCUT2D eigenvalue weighted by Crippen LogP contribution is -2.38. The summed E-state index contributed by atoms with van der Waals surface area (Å²) in [6.45, 7) is 2.42. The maximum atomic E-state index is 11.3. The Kier molecular flexibility index (Phi) is 5.57. The highest BCUT2D eigenvalue weighted by Crippen LogP contribution is 2.04. The monoisotopic (exact) mass is 220 g/mol. The summed E-state index contributed by atoms with van der Waals surface area (Å²) in [7, 11) is 1.77. The van der Waals surface area contributed by atoms with Gasteiger partial charge in [0.2, 0.25) is 5.91 Å². The molecule has 88 valence electrons. The van der Waals surface area contributed by atoms with Crippen molar-refractivity contribution < 1.29 is 4.79 Å². The van der Waals surface area contributed by atoms with Crippen molar-refractivity contribution in [1.29, 1.82) is 0 Å². The maximum Gasteiger partial charge on any atom is 0.234 e. The van der Waals surface area contributed by atoms with Gasteiger partial charge in [-0.15, -0.1) is 0 Å². The second-order valence-electron chi connectivity index (χ2n) is 4.02. The van der Waals surface area contributed by atoms with Crippen LogP contribution in [0.2, 0.25) is 0 Å². The molecule has 0 aliphatic heterocycles. The van der Waals surface area contributed by atoms with Crippen LogP contribution in [0.25, 0.3) is 0 Å². The minimum atomic E-state index is 0.0584. The van der Waals surface area contributed by atoms with Gasteiger partial charge in [0.15, 0.2) is 0 Å². The standard InChI is InChI=1S/C13H20N2O/c1-11(15-13(16)10-14-2)8-9-12-6-4-3-5-7-12/h3-7,11,14H,8-10H2,1-2H3,(H,15,16)/t11-/m0/s1. The van der Waals surface area contributed by atoms with E-state index in [1.54, 1.807) is 7.05 Å². The maximum absolute atomic E-state index is 11.3. The lowest BCUT2D eigenvalue weighted by Gasteiger charge is -2.13. The van der Waals surface area contributed by atoms with Gasteiger partial charge >= 0.3 is 0 Å². The summed E-state index contributed by atoms with van der Waals surface area (Å²) in [5.74, 6) is 0.0584. The average Bonchev–Trinajstić information content (AvgIpc) is 2.28. The molecule has 16 heavy (non-hydrogen) atoms. The van der Waals surface area contributed by atoms with Crippen LogP contribution in [0.4, 0.5) is 0 Å². The van der Waals surface area contributed by atoms with Crippen molar-refractivity contribution in [3.63, 3.8) is 0 Å². The first-order valence-corrected chi connectivity index (χ1v) is 5.70. The summed E-state index contributed by atoms with van der Waals surface area (Å²) in [5.41, 5.74) is 1.32. The topological polar surface area (TPSA) is 41.1 Å². The highest BCUT2D eigenvalue weighted by atomic mass is 16.1. The first-order valence-electron chi connectivity index (χ1n) is 5.70. The van der Waals surface area contributed by atoms with Gasteiger partial charge in [0.1, 0.15) is 0 Å². The molecule has 0 aliphatic rings. The smallest absolute Gasteiger partial charge is 0.234 e. The van der Waals surface area contributed by atoms with E-state index in [9.17, 15) is 4.79 Å². The van der Waals surface area contributed by atoms with Crippen LogP contribution in [-0.2, 0) is 11.2 Å². The minimum absolute atomic E-state index is 0.0584. The zero-order valence-corrected chi connectivity index (χ0v) is 9.99. The van der Waals surface area contributed by atoms with Gasteiger partial charge in [0.05, 0.1) is 6.54 Å². The van der Waals surface area contributed by atoms with E-state index in [4.69, 9.17) is 0 Å².